The molecular weight excluding hydrogens is 254 g/mol. The standard InChI is InChI=1S/C11H19N3O3S/c1-3-14-18(15,16)9-4-5-10(12)11(8-9)13-6-7-17-2/h4-5,8,13-14H,3,6-7,12H2,1-2H3. The summed E-state index contributed by atoms with van der Waals surface area (Å²) in [5, 5.41) is 3.03. The van der Waals surface area contributed by atoms with Gasteiger partial charge < -0.3 is 15.8 Å². The van der Waals surface area contributed by atoms with E-state index in [0.717, 1.165) is 0 Å². The minimum absolute atomic E-state index is 0.193. The van der Waals surface area contributed by atoms with E-state index in [0.29, 0.717) is 31.1 Å². The molecule has 0 aromatic heterocycles. The Bertz CT molecular complexity index is 488. The zero-order valence-corrected chi connectivity index (χ0v) is 11.4. The van der Waals surface area contributed by atoms with Crippen molar-refractivity contribution in [2.24, 2.45) is 0 Å². The highest BCUT2D eigenvalue weighted by Crippen LogP contribution is 2.22. The van der Waals surface area contributed by atoms with Crippen molar-refractivity contribution in [1.29, 1.82) is 0 Å². The maximum absolute atomic E-state index is 11.8. The first-order chi connectivity index (χ1) is 8.51. The molecule has 0 heterocycles. The van der Waals surface area contributed by atoms with Crippen molar-refractivity contribution < 1.29 is 13.2 Å². The molecule has 7 heteroatoms. The molecular formula is C11H19N3O3S. The summed E-state index contributed by atoms with van der Waals surface area (Å²) >= 11 is 0. The number of hydrogen-bond acceptors (Lipinski definition) is 5. The van der Waals surface area contributed by atoms with Gasteiger partial charge in [0.1, 0.15) is 0 Å². The van der Waals surface area contributed by atoms with Crippen LogP contribution in [0.3, 0.4) is 0 Å². The summed E-state index contributed by atoms with van der Waals surface area (Å²) in [5.41, 5.74) is 6.86. The summed E-state index contributed by atoms with van der Waals surface area (Å²) in [5.74, 6) is 0. The fourth-order valence-electron chi connectivity index (χ4n) is 1.42. The van der Waals surface area contributed by atoms with E-state index in [-0.39, 0.29) is 4.90 Å². The Morgan fingerprint density at radius 2 is 2.11 bits per heavy atom. The molecule has 0 radical (unpaired) electrons. The summed E-state index contributed by atoms with van der Waals surface area (Å²) in [7, 11) is -1.86. The van der Waals surface area contributed by atoms with E-state index < -0.39 is 10.0 Å². The predicted molar refractivity (Wildman–Crippen MR) is 72.1 cm³/mol. The van der Waals surface area contributed by atoms with Crippen molar-refractivity contribution in [2.45, 2.75) is 11.8 Å². The minimum atomic E-state index is -3.46. The Balaban J connectivity index is 2.93. The van der Waals surface area contributed by atoms with Crippen LogP contribution in [0.25, 0.3) is 0 Å². The van der Waals surface area contributed by atoms with Crippen molar-refractivity contribution in [3.63, 3.8) is 0 Å². The van der Waals surface area contributed by atoms with E-state index in [4.69, 9.17) is 10.5 Å². The van der Waals surface area contributed by atoms with Crippen LogP contribution in [-0.4, -0.2) is 35.2 Å². The Hall–Kier alpha value is -1.31. The lowest BCUT2D eigenvalue weighted by atomic mass is 10.2. The molecule has 0 amide bonds. The lowest BCUT2D eigenvalue weighted by Crippen LogP contribution is -2.23. The summed E-state index contributed by atoms with van der Waals surface area (Å²) in [4.78, 5) is 0.193. The highest BCUT2D eigenvalue weighted by molar-refractivity contribution is 7.89. The van der Waals surface area contributed by atoms with Crippen molar-refractivity contribution in [1.82, 2.24) is 4.72 Å². The van der Waals surface area contributed by atoms with Gasteiger partial charge in [0.25, 0.3) is 0 Å². The zero-order valence-electron chi connectivity index (χ0n) is 10.6. The molecule has 0 aliphatic carbocycles. The SMILES string of the molecule is CCNS(=O)(=O)c1ccc(N)c(NCCOC)c1. The molecule has 1 aromatic rings. The maximum atomic E-state index is 11.8. The largest absolute Gasteiger partial charge is 0.397 e. The second-order valence-corrected chi connectivity index (χ2v) is 5.44. The number of benzene rings is 1. The summed E-state index contributed by atoms with van der Waals surface area (Å²) in [6.45, 7) is 3.15. The third-order valence-electron chi connectivity index (χ3n) is 2.29. The number of sulfonamides is 1. The van der Waals surface area contributed by atoms with Crippen molar-refractivity contribution in [3.05, 3.63) is 18.2 Å². The molecule has 0 spiro atoms. The molecule has 102 valence electrons. The molecule has 0 saturated carbocycles. The average Bonchev–Trinajstić information content (AvgIpc) is 2.31. The molecule has 18 heavy (non-hydrogen) atoms. The van der Waals surface area contributed by atoms with Crippen LogP contribution < -0.4 is 15.8 Å². The summed E-state index contributed by atoms with van der Waals surface area (Å²) < 4.78 is 31.0. The molecule has 6 nitrogen and oxygen atoms in total. The van der Waals surface area contributed by atoms with Gasteiger partial charge in [-0.1, -0.05) is 6.92 Å². The Kier molecular flexibility index (Phi) is 5.39. The van der Waals surface area contributed by atoms with E-state index in [2.05, 4.69) is 10.0 Å². The first kappa shape index (κ1) is 14.7. The topological polar surface area (TPSA) is 93.5 Å². The van der Waals surface area contributed by atoms with E-state index in [1.54, 1.807) is 20.1 Å². The van der Waals surface area contributed by atoms with Crippen LogP contribution >= 0.6 is 0 Å². The quantitative estimate of drug-likeness (QED) is 0.500. The number of anilines is 2. The molecule has 0 bridgehead atoms. The first-order valence-electron chi connectivity index (χ1n) is 5.63. The predicted octanol–water partition coefficient (Wildman–Crippen LogP) is 0.625. The number of rotatable bonds is 7. The number of nitrogen functional groups attached to an aromatic ring is 1. The van der Waals surface area contributed by atoms with Gasteiger partial charge >= 0.3 is 0 Å². The van der Waals surface area contributed by atoms with Crippen LogP contribution in [0.5, 0.6) is 0 Å². The number of hydrogen-bond donors (Lipinski definition) is 3. The smallest absolute Gasteiger partial charge is 0.240 e. The minimum Gasteiger partial charge on any atom is -0.397 e. The van der Waals surface area contributed by atoms with Gasteiger partial charge in [-0.05, 0) is 18.2 Å². The summed E-state index contributed by atoms with van der Waals surface area (Å²) in [6, 6.07) is 4.57. The molecule has 0 aliphatic rings. The number of nitrogens with two attached hydrogens (primary N) is 1. The van der Waals surface area contributed by atoms with Gasteiger partial charge in [0.05, 0.1) is 22.9 Å². The van der Waals surface area contributed by atoms with Crippen molar-refractivity contribution >= 4 is 21.4 Å². The fourth-order valence-corrected chi connectivity index (χ4v) is 2.48. The fraction of sp³-hybridized carbons (Fsp3) is 0.455. The first-order valence-corrected chi connectivity index (χ1v) is 7.11. The maximum Gasteiger partial charge on any atom is 0.240 e. The Labute approximate surface area is 108 Å². The van der Waals surface area contributed by atoms with E-state index in [1.807, 2.05) is 0 Å². The van der Waals surface area contributed by atoms with Crippen molar-refractivity contribution in [3.8, 4) is 0 Å². The third-order valence-corrected chi connectivity index (χ3v) is 3.83. The lowest BCUT2D eigenvalue weighted by molar-refractivity contribution is 0.211. The van der Waals surface area contributed by atoms with Gasteiger partial charge in [-0.3, -0.25) is 0 Å². The van der Waals surface area contributed by atoms with Crippen LogP contribution in [0.15, 0.2) is 23.1 Å². The summed E-state index contributed by atoms with van der Waals surface area (Å²) in [6.07, 6.45) is 0. The second-order valence-electron chi connectivity index (χ2n) is 3.67. The zero-order chi connectivity index (χ0) is 13.6. The molecule has 0 saturated heterocycles. The highest BCUT2D eigenvalue weighted by atomic mass is 32.2. The number of methoxy groups -OCH3 is 1. The lowest BCUT2D eigenvalue weighted by Gasteiger charge is -2.11. The molecule has 1 aromatic carbocycles. The monoisotopic (exact) mass is 273 g/mol. The van der Waals surface area contributed by atoms with Crippen LogP contribution in [0.4, 0.5) is 11.4 Å². The average molecular weight is 273 g/mol. The van der Waals surface area contributed by atoms with Crippen LogP contribution in [-0.2, 0) is 14.8 Å². The van der Waals surface area contributed by atoms with Gasteiger partial charge in [0.15, 0.2) is 0 Å². The number of ether oxygens (including phenoxy) is 1. The highest BCUT2D eigenvalue weighted by Gasteiger charge is 2.14. The van der Waals surface area contributed by atoms with Gasteiger partial charge in [-0.25, -0.2) is 13.1 Å². The van der Waals surface area contributed by atoms with Crippen LogP contribution in [0.2, 0.25) is 0 Å². The van der Waals surface area contributed by atoms with Gasteiger partial charge in [0, 0.05) is 20.2 Å². The molecule has 1 rings (SSSR count). The normalized spacial score (nSPS) is 11.4. The van der Waals surface area contributed by atoms with Crippen LogP contribution in [0, 0.1) is 0 Å². The van der Waals surface area contributed by atoms with E-state index in [1.165, 1.54) is 12.1 Å². The molecule has 4 N–H and O–H groups in total. The third kappa shape index (κ3) is 3.86. The molecule has 0 unspecified atom stereocenters. The van der Waals surface area contributed by atoms with Gasteiger partial charge in [-0.2, -0.15) is 0 Å². The van der Waals surface area contributed by atoms with E-state index in [9.17, 15) is 8.42 Å². The van der Waals surface area contributed by atoms with Gasteiger partial charge in [-0.15, -0.1) is 0 Å². The van der Waals surface area contributed by atoms with Gasteiger partial charge in [0.2, 0.25) is 10.0 Å². The number of nitrogens with one attached hydrogen (secondary N) is 2. The molecule has 0 fully saturated rings. The molecule has 0 atom stereocenters. The van der Waals surface area contributed by atoms with Crippen molar-refractivity contribution in [2.75, 3.05) is 37.9 Å². The molecule has 0 aliphatic heterocycles. The van der Waals surface area contributed by atoms with Crippen LogP contribution in [0.1, 0.15) is 6.92 Å². The van der Waals surface area contributed by atoms with E-state index >= 15 is 0 Å². The Morgan fingerprint density at radius 1 is 1.39 bits per heavy atom. The second kappa shape index (κ2) is 6.58. The Morgan fingerprint density at radius 3 is 2.72 bits per heavy atom.